The molecule has 1 atom stereocenters. The molecule has 0 aromatic heterocycles. The predicted octanol–water partition coefficient (Wildman–Crippen LogP) is 3.04. The highest BCUT2D eigenvalue weighted by Crippen LogP contribution is 2.18. The third-order valence-corrected chi connectivity index (χ3v) is 3.16. The minimum Gasteiger partial charge on any atom is -0.326 e. The van der Waals surface area contributed by atoms with Gasteiger partial charge in [0, 0.05) is 31.3 Å². The number of nitrogens with one attached hydrogen (secondary N) is 1. The van der Waals surface area contributed by atoms with Gasteiger partial charge < -0.3 is 10.2 Å². The number of anilines is 2. The van der Waals surface area contributed by atoms with E-state index in [-0.39, 0.29) is 17.7 Å². The summed E-state index contributed by atoms with van der Waals surface area (Å²) < 4.78 is 0. The van der Waals surface area contributed by atoms with Crippen molar-refractivity contribution in [2.24, 2.45) is 5.92 Å². The van der Waals surface area contributed by atoms with E-state index in [9.17, 15) is 9.59 Å². The number of amides is 2. The zero-order chi connectivity index (χ0) is 14.4. The molecule has 0 saturated heterocycles. The molecule has 4 nitrogen and oxygen atoms in total. The SMILES string of the molecule is CCCC(C)C(=O)Nc1ccc(N(C)C(C)=O)cc1. The lowest BCUT2D eigenvalue weighted by atomic mass is 10.1. The first-order chi connectivity index (χ1) is 8.95. The number of carbonyl (C=O) groups is 2. The van der Waals surface area contributed by atoms with Gasteiger partial charge in [-0.25, -0.2) is 0 Å². The molecule has 1 rings (SSSR count). The van der Waals surface area contributed by atoms with Crippen LogP contribution in [0.3, 0.4) is 0 Å². The van der Waals surface area contributed by atoms with Crippen LogP contribution >= 0.6 is 0 Å². The van der Waals surface area contributed by atoms with E-state index in [4.69, 9.17) is 0 Å². The van der Waals surface area contributed by atoms with E-state index in [1.807, 2.05) is 31.2 Å². The number of carbonyl (C=O) groups excluding carboxylic acids is 2. The Bertz CT molecular complexity index is 440. The quantitative estimate of drug-likeness (QED) is 0.886. The molecule has 0 saturated carbocycles. The van der Waals surface area contributed by atoms with Crippen LogP contribution in [0, 0.1) is 5.92 Å². The van der Waals surface area contributed by atoms with E-state index in [0.29, 0.717) is 0 Å². The Morgan fingerprint density at radius 2 is 1.84 bits per heavy atom. The van der Waals surface area contributed by atoms with Crippen molar-refractivity contribution in [2.75, 3.05) is 17.3 Å². The normalized spacial score (nSPS) is 11.8. The first-order valence-electron chi connectivity index (χ1n) is 6.61. The molecular weight excluding hydrogens is 240 g/mol. The maximum atomic E-state index is 11.9. The van der Waals surface area contributed by atoms with Crippen LogP contribution in [-0.4, -0.2) is 18.9 Å². The maximum Gasteiger partial charge on any atom is 0.227 e. The molecule has 0 aliphatic rings. The van der Waals surface area contributed by atoms with Crippen molar-refractivity contribution in [2.45, 2.75) is 33.6 Å². The molecule has 0 bridgehead atoms. The molecule has 0 radical (unpaired) electrons. The molecule has 1 unspecified atom stereocenters. The molecule has 0 spiro atoms. The minimum absolute atomic E-state index is 0.0181. The highest BCUT2D eigenvalue weighted by molar-refractivity contribution is 5.93. The average molecular weight is 262 g/mol. The zero-order valence-corrected chi connectivity index (χ0v) is 12.1. The first-order valence-corrected chi connectivity index (χ1v) is 6.61. The summed E-state index contributed by atoms with van der Waals surface area (Å²) in [6, 6.07) is 7.26. The molecule has 0 heterocycles. The van der Waals surface area contributed by atoms with Crippen LogP contribution in [0.25, 0.3) is 0 Å². The summed E-state index contributed by atoms with van der Waals surface area (Å²) in [4.78, 5) is 24.6. The lowest BCUT2D eigenvalue weighted by Gasteiger charge is -2.16. The topological polar surface area (TPSA) is 49.4 Å². The summed E-state index contributed by atoms with van der Waals surface area (Å²) in [6.45, 7) is 5.51. The average Bonchev–Trinajstić information content (AvgIpc) is 2.38. The highest BCUT2D eigenvalue weighted by atomic mass is 16.2. The van der Waals surface area contributed by atoms with Gasteiger partial charge in [-0.2, -0.15) is 0 Å². The van der Waals surface area contributed by atoms with Crippen molar-refractivity contribution in [3.05, 3.63) is 24.3 Å². The van der Waals surface area contributed by atoms with Gasteiger partial charge in [-0.05, 0) is 30.7 Å². The number of hydrogen-bond donors (Lipinski definition) is 1. The van der Waals surface area contributed by atoms with Crippen LogP contribution < -0.4 is 10.2 Å². The van der Waals surface area contributed by atoms with Crippen LogP contribution in [0.15, 0.2) is 24.3 Å². The second kappa shape index (κ2) is 6.92. The van der Waals surface area contributed by atoms with Gasteiger partial charge in [-0.1, -0.05) is 20.3 Å². The number of benzene rings is 1. The monoisotopic (exact) mass is 262 g/mol. The predicted molar refractivity (Wildman–Crippen MR) is 78.2 cm³/mol. The minimum atomic E-state index is -0.0200. The van der Waals surface area contributed by atoms with Crippen molar-refractivity contribution in [3.63, 3.8) is 0 Å². The molecule has 104 valence electrons. The summed E-state index contributed by atoms with van der Waals surface area (Å²) in [5, 5.41) is 2.88. The molecule has 4 heteroatoms. The van der Waals surface area contributed by atoms with Gasteiger partial charge in [-0.15, -0.1) is 0 Å². The van der Waals surface area contributed by atoms with Gasteiger partial charge in [-0.3, -0.25) is 9.59 Å². The molecule has 1 aromatic carbocycles. The molecule has 0 aliphatic heterocycles. The summed E-state index contributed by atoms with van der Waals surface area (Å²) >= 11 is 0. The van der Waals surface area contributed by atoms with E-state index >= 15 is 0 Å². The fraction of sp³-hybridized carbons (Fsp3) is 0.467. The molecule has 0 fully saturated rings. The lowest BCUT2D eigenvalue weighted by Crippen LogP contribution is -2.23. The molecule has 1 aromatic rings. The van der Waals surface area contributed by atoms with Crippen LogP contribution in [0.4, 0.5) is 11.4 Å². The van der Waals surface area contributed by atoms with E-state index in [1.165, 1.54) is 6.92 Å². The zero-order valence-electron chi connectivity index (χ0n) is 12.1. The van der Waals surface area contributed by atoms with E-state index < -0.39 is 0 Å². The van der Waals surface area contributed by atoms with Crippen LogP contribution in [0.1, 0.15) is 33.6 Å². The van der Waals surface area contributed by atoms with Crippen LogP contribution in [-0.2, 0) is 9.59 Å². The molecular formula is C15H22N2O2. The van der Waals surface area contributed by atoms with Gasteiger partial charge in [0.15, 0.2) is 0 Å². The Hall–Kier alpha value is -1.84. The Balaban J connectivity index is 2.67. The maximum absolute atomic E-state index is 11.9. The lowest BCUT2D eigenvalue weighted by molar-refractivity contribution is -0.119. The fourth-order valence-corrected chi connectivity index (χ4v) is 1.78. The second-order valence-electron chi connectivity index (χ2n) is 4.80. The second-order valence-corrected chi connectivity index (χ2v) is 4.80. The highest BCUT2D eigenvalue weighted by Gasteiger charge is 2.12. The number of nitrogens with zero attached hydrogens (tertiary/aromatic N) is 1. The molecule has 0 aliphatic carbocycles. The van der Waals surface area contributed by atoms with Gasteiger partial charge in [0.25, 0.3) is 0 Å². The summed E-state index contributed by atoms with van der Waals surface area (Å²) in [5.74, 6) is 0.0347. The van der Waals surface area contributed by atoms with Gasteiger partial charge >= 0.3 is 0 Å². The van der Waals surface area contributed by atoms with E-state index in [1.54, 1.807) is 11.9 Å². The number of hydrogen-bond acceptors (Lipinski definition) is 2. The van der Waals surface area contributed by atoms with Gasteiger partial charge in [0.2, 0.25) is 11.8 Å². The first kappa shape index (κ1) is 15.2. The Morgan fingerprint density at radius 1 is 1.26 bits per heavy atom. The van der Waals surface area contributed by atoms with Crippen molar-refractivity contribution in [1.82, 2.24) is 0 Å². The van der Waals surface area contributed by atoms with E-state index in [2.05, 4.69) is 12.2 Å². The third-order valence-electron chi connectivity index (χ3n) is 3.16. The van der Waals surface area contributed by atoms with Crippen LogP contribution in [0.5, 0.6) is 0 Å². The Labute approximate surface area is 114 Å². The summed E-state index contributed by atoms with van der Waals surface area (Å²) in [5.41, 5.74) is 1.57. The number of rotatable bonds is 5. The molecule has 19 heavy (non-hydrogen) atoms. The fourth-order valence-electron chi connectivity index (χ4n) is 1.78. The summed E-state index contributed by atoms with van der Waals surface area (Å²) in [6.07, 6.45) is 1.88. The Morgan fingerprint density at radius 3 is 2.32 bits per heavy atom. The van der Waals surface area contributed by atoms with E-state index in [0.717, 1.165) is 24.2 Å². The standard InChI is InChI=1S/C15H22N2O2/c1-5-6-11(2)15(19)16-13-7-9-14(10-8-13)17(4)12(3)18/h7-11H,5-6H2,1-4H3,(H,16,19). The van der Waals surface area contributed by atoms with Crippen molar-refractivity contribution in [3.8, 4) is 0 Å². The van der Waals surface area contributed by atoms with Crippen LogP contribution in [0.2, 0.25) is 0 Å². The van der Waals surface area contributed by atoms with Crippen molar-refractivity contribution in [1.29, 1.82) is 0 Å². The smallest absolute Gasteiger partial charge is 0.227 e. The molecule has 1 N–H and O–H groups in total. The van der Waals surface area contributed by atoms with Gasteiger partial charge in [0.05, 0.1) is 0 Å². The third kappa shape index (κ3) is 4.39. The van der Waals surface area contributed by atoms with Gasteiger partial charge in [0.1, 0.15) is 0 Å². The van der Waals surface area contributed by atoms with Crippen molar-refractivity contribution >= 4 is 23.2 Å². The Kier molecular flexibility index (Phi) is 5.55. The largest absolute Gasteiger partial charge is 0.326 e. The summed E-state index contributed by atoms with van der Waals surface area (Å²) in [7, 11) is 1.72. The van der Waals surface area contributed by atoms with Crippen molar-refractivity contribution < 1.29 is 9.59 Å². The molecule has 2 amide bonds.